The monoisotopic (exact) mass is 473 g/mol. The molecule has 3 heteroatoms. The van der Waals surface area contributed by atoms with Crippen molar-refractivity contribution in [3.05, 3.63) is 0 Å². The summed E-state index contributed by atoms with van der Waals surface area (Å²) < 4.78 is 6.39. The van der Waals surface area contributed by atoms with E-state index in [4.69, 9.17) is 4.74 Å². The van der Waals surface area contributed by atoms with E-state index in [9.17, 15) is 5.21 Å². The number of hydroxylamine groups is 2. The lowest BCUT2D eigenvalue weighted by molar-refractivity contribution is -0.283. The van der Waals surface area contributed by atoms with Crippen LogP contribution in [0, 0.1) is 52.3 Å². The molecule has 0 unspecified atom stereocenters. The van der Waals surface area contributed by atoms with Gasteiger partial charge >= 0.3 is 0 Å². The van der Waals surface area contributed by atoms with E-state index in [1.165, 1.54) is 64.2 Å². The zero-order valence-corrected chi connectivity index (χ0v) is 23.5. The van der Waals surface area contributed by atoms with Crippen LogP contribution in [0.25, 0.3) is 0 Å². The average molecular weight is 474 g/mol. The lowest BCUT2D eigenvalue weighted by atomic mass is 9.44. The predicted octanol–water partition coefficient (Wildman–Crippen LogP) is 8.30. The Labute approximate surface area is 210 Å². The zero-order chi connectivity index (χ0) is 24.5. The largest absolute Gasteiger partial charge is 0.356 e. The minimum atomic E-state index is -0.423. The second-order valence-corrected chi connectivity index (χ2v) is 15.3. The number of ether oxygens (including phenoxy) is 1. The fourth-order valence-corrected chi connectivity index (χ4v) is 10.5. The summed E-state index contributed by atoms with van der Waals surface area (Å²) in [5, 5.41) is 12.7. The van der Waals surface area contributed by atoms with Crippen LogP contribution in [-0.4, -0.2) is 28.1 Å². The number of nitrogens with zero attached hydrogens (tertiary/aromatic N) is 1. The standard InChI is InChI=1S/C31H55NO2/c1-21(2)9-8-10-22(3)25-13-14-26-24-12-11-23-19-31(32(33)28(4,5)20-34-31)18-17-29(23,6)27(24)15-16-30(25,26)7/h21-27,33H,8-20H2,1-7H3/t22-,23+,24+,25-,26+,27+,29+,30-,31+/m1/s1. The molecule has 3 nitrogen and oxygen atoms in total. The molecule has 0 aromatic carbocycles. The van der Waals surface area contributed by atoms with Gasteiger partial charge in [-0.05, 0) is 124 Å². The van der Waals surface area contributed by atoms with Crippen molar-refractivity contribution >= 4 is 0 Å². The van der Waals surface area contributed by atoms with Gasteiger partial charge in [0.1, 0.15) is 5.72 Å². The molecule has 5 fully saturated rings. The van der Waals surface area contributed by atoms with E-state index in [0.717, 1.165) is 48.3 Å². The van der Waals surface area contributed by atoms with Crippen molar-refractivity contribution in [2.24, 2.45) is 52.3 Å². The van der Waals surface area contributed by atoms with E-state index >= 15 is 0 Å². The Hall–Kier alpha value is -0.120. The maximum Gasteiger partial charge on any atom is 0.144 e. The molecule has 9 atom stereocenters. The first-order chi connectivity index (χ1) is 15.9. The molecule has 1 heterocycles. The van der Waals surface area contributed by atoms with E-state index < -0.39 is 5.72 Å². The van der Waals surface area contributed by atoms with Crippen LogP contribution >= 0.6 is 0 Å². The van der Waals surface area contributed by atoms with Crippen LogP contribution in [0.5, 0.6) is 0 Å². The van der Waals surface area contributed by atoms with Crippen LogP contribution in [-0.2, 0) is 4.74 Å². The van der Waals surface area contributed by atoms with Gasteiger partial charge in [0.2, 0.25) is 0 Å². The molecule has 1 spiro atoms. The Kier molecular flexibility index (Phi) is 6.55. The van der Waals surface area contributed by atoms with Crippen LogP contribution in [0.4, 0.5) is 0 Å². The zero-order valence-electron chi connectivity index (χ0n) is 23.5. The molecule has 5 rings (SSSR count). The highest BCUT2D eigenvalue weighted by Gasteiger charge is 2.64. The summed E-state index contributed by atoms with van der Waals surface area (Å²) >= 11 is 0. The van der Waals surface area contributed by atoms with Crippen molar-refractivity contribution in [3.63, 3.8) is 0 Å². The molecule has 5 aliphatic rings. The second kappa shape index (κ2) is 8.73. The van der Waals surface area contributed by atoms with Crippen LogP contribution in [0.1, 0.15) is 126 Å². The molecule has 0 aromatic heterocycles. The summed E-state index contributed by atoms with van der Waals surface area (Å²) in [6, 6.07) is 0. The molecule has 1 saturated heterocycles. The number of rotatable bonds is 5. The first-order valence-corrected chi connectivity index (χ1v) is 15.1. The molecule has 4 saturated carbocycles. The van der Waals surface area contributed by atoms with Crippen LogP contribution in [0.2, 0.25) is 0 Å². The number of hydrogen-bond donors (Lipinski definition) is 1. The molecule has 4 aliphatic carbocycles. The molecule has 34 heavy (non-hydrogen) atoms. The van der Waals surface area contributed by atoms with Crippen molar-refractivity contribution < 1.29 is 9.94 Å². The molecule has 196 valence electrons. The fraction of sp³-hybridized carbons (Fsp3) is 1.00. The van der Waals surface area contributed by atoms with Gasteiger partial charge in [-0.25, -0.2) is 0 Å². The number of hydrogen-bond acceptors (Lipinski definition) is 3. The molecular formula is C31H55NO2. The lowest BCUT2D eigenvalue weighted by Gasteiger charge is -2.62. The predicted molar refractivity (Wildman–Crippen MR) is 139 cm³/mol. The maximum atomic E-state index is 11.1. The Balaban J connectivity index is 1.29. The summed E-state index contributed by atoms with van der Waals surface area (Å²) in [5.74, 6) is 6.16. The van der Waals surface area contributed by atoms with Gasteiger partial charge in [-0.1, -0.05) is 53.9 Å². The normalized spacial score (nSPS) is 49.1. The highest BCUT2D eigenvalue weighted by atomic mass is 16.6. The summed E-state index contributed by atoms with van der Waals surface area (Å²) in [6.07, 6.45) is 16.2. The smallest absolute Gasteiger partial charge is 0.144 e. The lowest BCUT2D eigenvalue weighted by Crippen LogP contribution is -2.60. The maximum absolute atomic E-state index is 11.1. The van der Waals surface area contributed by atoms with E-state index in [0.29, 0.717) is 23.4 Å². The molecule has 1 aliphatic heterocycles. The molecule has 0 radical (unpaired) electrons. The highest BCUT2D eigenvalue weighted by Crippen LogP contribution is 2.69. The SMILES string of the molecule is CC(C)CCC[C@@H](C)[C@H]1CC[C@H]2[C@@H]3CC[C@H]4C[C@]5(CC[C@]4(C)[C@H]3CC[C@]12C)OCC(C)(C)N5O. The number of fused-ring (bicyclic) bond motifs is 5. The van der Waals surface area contributed by atoms with Crippen molar-refractivity contribution in [3.8, 4) is 0 Å². The fourth-order valence-electron chi connectivity index (χ4n) is 10.5. The third-order valence-corrected chi connectivity index (χ3v) is 12.5. The van der Waals surface area contributed by atoms with Crippen LogP contribution < -0.4 is 0 Å². The van der Waals surface area contributed by atoms with Gasteiger partial charge in [0.15, 0.2) is 0 Å². The Morgan fingerprint density at radius 2 is 1.59 bits per heavy atom. The third-order valence-electron chi connectivity index (χ3n) is 12.5. The van der Waals surface area contributed by atoms with Gasteiger partial charge in [0.25, 0.3) is 0 Å². The van der Waals surface area contributed by atoms with Crippen LogP contribution in [0.15, 0.2) is 0 Å². The van der Waals surface area contributed by atoms with Gasteiger partial charge in [0.05, 0.1) is 12.1 Å². The van der Waals surface area contributed by atoms with Crippen molar-refractivity contribution in [1.29, 1.82) is 0 Å². The van der Waals surface area contributed by atoms with E-state index in [2.05, 4.69) is 48.5 Å². The van der Waals surface area contributed by atoms with Gasteiger partial charge in [-0.2, -0.15) is 5.06 Å². The summed E-state index contributed by atoms with van der Waals surface area (Å²) in [6.45, 7) is 17.6. The Bertz CT molecular complexity index is 750. The van der Waals surface area contributed by atoms with Crippen molar-refractivity contribution in [1.82, 2.24) is 5.06 Å². The average Bonchev–Trinajstić information content (AvgIpc) is 3.24. The minimum absolute atomic E-state index is 0.262. The first kappa shape index (κ1) is 25.5. The van der Waals surface area contributed by atoms with Crippen molar-refractivity contribution in [2.45, 2.75) is 137 Å². The Morgan fingerprint density at radius 3 is 2.26 bits per heavy atom. The van der Waals surface area contributed by atoms with Crippen LogP contribution in [0.3, 0.4) is 0 Å². The summed E-state index contributed by atoms with van der Waals surface area (Å²) in [5.41, 5.74) is 0.335. The van der Waals surface area contributed by atoms with E-state index in [1.807, 2.05) is 0 Å². The highest BCUT2D eigenvalue weighted by molar-refractivity contribution is 5.12. The summed E-state index contributed by atoms with van der Waals surface area (Å²) in [4.78, 5) is 0. The molecular weight excluding hydrogens is 418 g/mol. The van der Waals surface area contributed by atoms with Gasteiger partial charge < -0.3 is 9.94 Å². The quantitative estimate of drug-likeness (QED) is 0.436. The molecule has 0 aromatic rings. The minimum Gasteiger partial charge on any atom is -0.356 e. The molecule has 1 N–H and O–H groups in total. The Morgan fingerprint density at radius 1 is 0.853 bits per heavy atom. The first-order valence-electron chi connectivity index (χ1n) is 15.1. The third kappa shape index (κ3) is 3.85. The van der Waals surface area contributed by atoms with Gasteiger partial charge in [-0.15, -0.1) is 0 Å². The topological polar surface area (TPSA) is 32.7 Å². The second-order valence-electron chi connectivity index (χ2n) is 15.3. The molecule has 0 bridgehead atoms. The van der Waals surface area contributed by atoms with E-state index in [1.54, 1.807) is 5.06 Å². The van der Waals surface area contributed by atoms with E-state index in [-0.39, 0.29) is 5.54 Å². The van der Waals surface area contributed by atoms with Gasteiger partial charge in [-0.3, -0.25) is 0 Å². The molecule has 0 amide bonds. The van der Waals surface area contributed by atoms with Crippen molar-refractivity contribution in [2.75, 3.05) is 6.61 Å². The van der Waals surface area contributed by atoms with Gasteiger partial charge in [0, 0.05) is 0 Å². The summed E-state index contributed by atoms with van der Waals surface area (Å²) in [7, 11) is 0.